The Bertz CT molecular complexity index is 635. The number of nitrogens with one attached hydrogen (secondary N) is 1. The van der Waals surface area contributed by atoms with Crippen LogP contribution in [0.15, 0.2) is 48.5 Å². The Kier molecular flexibility index (Phi) is 5.96. The first-order valence-electron chi connectivity index (χ1n) is 7.22. The maximum Gasteiger partial charge on any atom is 0.136 e. The van der Waals surface area contributed by atoms with Gasteiger partial charge in [0, 0.05) is 13.1 Å². The average Bonchev–Trinajstić information content (AvgIpc) is 2.55. The van der Waals surface area contributed by atoms with Gasteiger partial charge < -0.3 is 15.2 Å². The molecule has 0 saturated heterocycles. The van der Waals surface area contributed by atoms with Gasteiger partial charge in [-0.1, -0.05) is 36.4 Å². The number of methoxy groups -OCH3 is 1. The van der Waals surface area contributed by atoms with Gasteiger partial charge in [-0.15, -0.1) is 0 Å². The molecule has 0 aliphatic rings. The predicted molar refractivity (Wildman–Crippen MR) is 85.6 cm³/mol. The fourth-order valence-electron chi connectivity index (χ4n) is 2.29. The summed E-state index contributed by atoms with van der Waals surface area (Å²) in [5.74, 6) is 0.579. The first-order valence-corrected chi connectivity index (χ1v) is 7.22. The van der Waals surface area contributed by atoms with Gasteiger partial charge in [0.05, 0.1) is 18.8 Å². The molecular formula is C18H20N2O2. The minimum Gasteiger partial charge on any atom is -0.495 e. The van der Waals surface area contributed by atoms with Gasteiger partial charge in [0.2, 0.25) is 0 Å². The zero-order valence-corrected chi connectivity index (χ0v) is 12.6. The molecule has 0 fully saturated rings. The van der Waals surface area contributed by atoms with Gasteiger partial charge in [0.1, 0.15) is 11.8 Å². The van der Waals surface area contributed by atoms with Crippen LogP contribution in [0.1, 0.15) is 16.7 Å². The van der Waals surface area contributed by atoms with E-state index in [0.717, 1.165) is 11.1 Å². The van der Waals surface area contributed by atoms with Crippen molar-refractivity contribution >= 4 is 0 Å². The van der Waals surface area contributed by atoms with Crippen LogP contribution in [0.4, 0.5) is 0 Å². The van der Waals surface area contributed by atoms with Crippen LogP contribution in [-0.2, 0) is 13.0 Å². The molecule has 1 unspecified atom stereocenters. The van der Waals surface area contributed by atoms with Crippen molar-refractivity contribution in [2.75, 3.05) is 13.7 Å². The Morgan fingerprint density at radius 2 is 1.95 bits per heavy atom. The van der Waals surface area contributed by atoms with Gasteiger partial charge in [-0.25, -0.2) is 0 Å². The van der Waals surface area contributed by atoms with E-state index in [4.69, 9.17) is 10.00 Å². The third-order valence-electron chi connectivity index (χ3n) is 3.41. The van der Waals surface area contributed by atoms with Crippen LogP contribution in [0, 0.1) is 11.3 Å². The summed E-state index contributed by atoms with van der Waals surface area (Å²) >= 11 is 0. The van der Waals surface area contributed by atoms with E-state index in [1.165, 1.54) is 0 Å². The molecule has 114 valence electrons. The molecule has 0 heterocycles. The topological polar surface area (TPSA) is 65.3 Å². The zero-order chi connectivity index (χ0) is 15.8. The number of aliphatic hydroxyl groups is 1. The highest BCUT2D eigenvalue weighted by Crippen LogP contribution is 2.18. The van der Waals surface area contributed by atoms with E-state index < -0.39 is 6.10 Å². The molecule has 0 bridgehead atoms. The van der Waals surface area contributed by atoms with E-state index in [9.17, 15) is 5.11 Å². The monoisotopic (exact) mass is 296 g/mol. The molecule has 0 aromatic heterocycles. The highest BCUT2D eigenvalue weighted by molar-refractivity contribution is 5.45. The molecule has 0 radical (unpaired) electrons. The van der Waals surface area contributed by atoms with Crippen molar-refractivity contribution < 1.29 is 9.84 Å². The number of hydrogen-bond donors (Lipinski definition) is 2. The quantitative estimate of drug-likeness (QED) is 0.822. The fraction of sp³-hybridized carbons (Fsp3) is 0.278. The van der Waals surface area contributed by atoms with E-state index in [2.05, 4.69) is 11.4 Å². The summed E-state index contributed by atoms with van der Waals surface area (Å²) in [4.78, 5) is 0. The first kappa shape index (κ1) is 16.0. The highest BCUT2D eigenvalue weighted by atomic mass is 16.5. The lowest BCUT2D eigenvalue weighted by Crippen LogP contribution is -2.28. The summed E-state index contributed by atoms with van der Waals surface area (Å²) in [7, 11) is 1.55. The Balaban J connectivity index is 1.82. The van der Waals surface area contributed by atoms with Crippen molar-refractivity contribution in [3.8, 4) is 11.8 Å². The maximum absolute atomic E-state index is 10.0. The van der Waals surface area contributed by atoms with Crippen LogP contribution in [0.3, 0.4) is 0 Å². The summed E-state index contributed by atoms with van der Waals surface area (Å²) in [6.45, 7) is 1.10. The summed E-state index contributed by atoms with van der Waals surface area (Å²) in [6.07, 6.45) is 0.191. The molecule has 2 rings (SSSR count). The molecule has 0 aliphatic carbocycles. The summed E-state index contributed by atoms with van der Waals surface area (Å²) in [6, 6.07) is 17.5. The van der Waals surface area contributed by atoms with Crippen molar-refractivity contribution in [1.29, 1.82) is 5.26 Å². The Morgan fingerprint density at radius 3 is 2.64 bits per heavy atom. The van der Waals surface area contributed by atoms with Gasteiger partial charge in [0.25, 0.3) is 0 Å². The second-order valence-electron chi connectivity index (χ2n) is 5.12. The molecule has 0 spiro atoms. The largest absolute Gasteiger partial charge is 0.495 e. The number of ether oxygens (including phenoxy) is 1. The second kappa shape index (κ2) is 8.18. The van der Waals surface area contributed by atoms with Crippen molar-refractivity contribution in [1.82, 2.24) is 5.32 Å². The molecule has 1 atom stereocenters. The molecule has 0 aliphatic heterocycles. The van der Waals surface area contributed by atoms with Crippen LogP contribution >= 0.6 is 0 Å². The van der Waals surface area contributed by atoms with Crippen LogP contribution in [0.25, 0.3) is 0 Å². The van der Waals surface area contributed by atoms with Crippen molar-refractivity contribution in [3.63, 3.8) is 0 Å². The minimum absolute atomic E-state index is 0.434. The lowest BCUT2D eigenvalue weighted by atomic mass is 10.1. The molecule has 2 aromatic rings. The molecule has 22 heavy (non-hydrogen) atoms. The van der Waals surface area contributed by atoms with E-state index >= 15 is 0 Å². The normalized spacial score (nSPS) is 11.7. The molecule has 2 aromatic carbocycles. The third-order valence-corrected chi connectivity index (χ3v) is 3.41. The van der Waals surface area contributed by atoms with Gasteiger partial charge in [0.15, 0.2) is 0 Å². The number of nitriles is 1. The van der Waals surface area contributed by atoms with Gasteiger partial charge in [-0.2, -0.15) is 5.26 Å². The van der Waals surface area contributed by atoms with E-state index in [0.29, 0.717) is 30.8 Å². The Hall–Kier alpha value is -2.35. The third kappa shape index (κ3) is 4.59. The van der Waals surface area contributed by atoms with Crippen molar-refractivity contribution in [3.05, 3.63) is 65.2 Å². The van der Waals surface area contributed by atoms with Crippen LogP contribution in [-0.4, -0.2) is 24.9 Å². The summed E-state index contributed by atoms with van der Waals surface area (Å²) < 4.78 is 5.12. The lowest BCUT2D eigenvalue weighted by Gasteiger charge is -2.12. The van der Waals surface area contributed by atoms with Crippen molar-refractivity contribution in [2.45, 2.75) is 19.1 Å². The molecular weight excluding hydrogens is 276 g/mol. The molecule has 2 N–H and O–H groups in total. The SMILES string of the molecule is COc1ccc(CNCC(O)Cc2ccccc2)cc1C#N. The number of aliphatic hydroxyl groups excluding tert-OH is 1. The molecule has 0 saturated carbocycles. The minimum atomic E-state index is -0.434. The fourth-order valence-corrected chi connectivity index (χ4v) is 2.29. The number of benzene rings is 2. The smallest absolute Gasteiger partial charge is 0.136 e. The van der Waals surface area contributed by atoms with Crippen LogP contribution in [0.2, 0.25) is 0 Å². The van der Waals surface area contributed by atoms with Gasteiger partial charge >= 0.3 is 0 Å². The number of hydrogen-bond acceptors (Lipinski definition) is 4. The molecule has 0 amide bonds. The second-order valence-corrected chi connectivity index (χ2v) is 5.12. The van der Waals surface area contributed by atoms with Crippen LogP contribution in [0.5, 0.6) is 5.75 Å². The standard InChI is InChI=1S/C18H20N2O2/c1-22-18-8-7-15(9-16(18)11-19)12-20-13-17(21)10-14-5-3-2-4-6-14/h2-9,17,20-21H,10,12-13H2,1H3. The predicted octanol–water partition coefficient (Wildman–Crippen LogP) is 2.26. The van der Waals surface area contributed by atoms with Gasteiger partial charge in [-0.3, -0.25) is 0 Å². The molecule has 4 nitrogen and oxygen atoms in total. The Labute approximate surface area is 131 Å². The number of rotatable bonds is 7. The van der Waals surface area contributed by atoms with Gasteiger partial charge in [-0.05, 0) is 29.7 Å². The number of nitrogens with zero attached hydrogens (tertiary/aromatic N) is 1. The lowest BCUT2D eigenvalue weighted by molar-refractivity contribution is 0.171. The first-order chi connectivity index (χ1) is 10.7. The Morgan fingerprint density at radius 1 is 1.18 bits per heavy atom. The zero-order valence-electron chi connectivity index (χ0n) is 12.6. The van der Waals surface area contributed by atoms with E-state index in [1.54, 1.807) is 19.2 Å². The van der Waals surface area contributed by atoms with E-state index in [1.807, 2.05) is 36.4 Å². The molecule has 4 heteroatoms. The van der Waals surface area contributed by atoms with Crippen molar-refractivity contribution in [2.24, 2.45) is 0 Å². The summed E-state index contributed by atoms with van der Waals surface area (Å²) in [5.41, 5.74) is 2.63. The maximum atomic E-state index is 10.0. The van der Waals surface area contributed by atoms with E-state index in [-0.39, 0.29) is 0 Å². The van der Waals surface area contributed by atoms with Crippen LogP contribution < -0.4 is 10.1 Å². The summed E-state index contributed by atoms with van der Waals surface area (Å²) in [5, 5.41) is 22.3. The average molecular weight is 296 g/mol. The highest BCUT2D eigenvalue weighted by Gasteiger charge is 2.06.